The monoisotopic (exact) mass is 433 g/mol. The van der Waals surface area contributed by atoms with E-state index in [-0.39, 0.29) is 35.4 Å². The van der Waals surface area contributed by atoms with E-state index in [1.165, 1.54) is 13.2 Å². The molecule has 3 rings (SSSR count). The molecule has 0 atom stereocenters. The van der Waals surface area contributed by atoms with Crippen molar-refractivity contribution in [2.24, 2.45) is 11.8 Å². The summed E-state index contributed by atoms with van der Waals surface area (Å²) < 4.78 is 18.4. The summed E-state index contributed by atoms with van der Waals surface area (Å²) in [6.07, 6.45) is 3.19. The summed E-state index contributed by atoms with van der Waals surface area (Å²) in [5.41, 5.74) is 0.603. The number of ether oxygens (including phenoxy) is 1. The minimum absolute atomic E-state index is 0.00667. The fourth-order valence-corrected chi connectivity index (χ4v) is 4.34. The molecule has 2 heterocycles. The van der Waals surface area contributed by atoms with E-state index in [2.05, 4.69) is 10.2 Å². The van der Waals surface area contributed by atoms with E-state index < -0.39 is 0 Å². The van der Waals surface area contributed by atoms with Gasteiger partial charge in [0.1, 0.15) is 5.82 Å². The van der Waals surface area contributed by atoms with Crippen LogP contribution in [0.3, 0.4) is 0 Å². The first-order chi connectivity index (χ1) is 15.0. The fourth-order valence-electron chi connectivity index (χ4n) is 4.34. The molecule has 0 spiro atoms. The molecule has 0 aromatic heterocycles. The number of benzene rings is 1. The quantitative estimate of drug-likeness (QED) is 0.661. The number of rotatable bonds is 7. The second kappa shape index (κ2) is 11.2. The van der Waals surface area contributed by atoms with Crippen molar-refractivity contribution in [3.8, 4) is 0 Å². The Morgan fingerprint density at radius 2 is 1.68 bits per heavy atom. The fraction of sp³-hybridized carbons (Fsp3) is 0.609. The molecule has 1 aromatic carbocycles. The van der Waals surface area contributed by atoms with Crippen LogP contribution in [0.25, 0.3) is 0 Å². The molecule has 0 bridgehead atoms. The zero-order valence-corrected chi connectivity index (χ0v) is 18.1. The predicted molar refractivity (Wildman–Crippen MR) is 114 cm³/mol. The maximum atomic E-state index is 13.7. The van der Waals surface area contributed by atoms with E-state index in [1.54, 1.807) is 18.2 Å². The molecule has 1 aromatic rings. The first kappa shape index (κ1) is 23.2. The van der Waals surface area contributed by atoms with Crippen LogP contribution in [0.15, 0.2) is 24.3 Å². The smallest absolute Gasteiger partial charge is 0.308 e. The Bertz CT molecular complexity index is 772. The number of carbonyl (C=O) groups excluding carboxylic acids is 3. The number of carbonyl (C=O) groups is 3. The molecule has 1 N–H and O–H groups in total. The van der Waals surface area contributed by atoms with Crippen LogP contribution in [0, 0.1) is 17.7 Å². The second-order valence-electron chi connectivity index (χ2n) is 8.36. The molecule has 2 aliphatic rings. The molecule has 0 aliphatic carbocycles. The molecule has 2 aliphatic heterocycles. The number of nitrogens with one attached hydrogen (secondary N) is 1. The molecule has 2 saturated heterocycles. The molecule has 2 amide bonds. The van der Waals surface area contributed by atoms with Gasteiger partial charge in [-0.2, -0.15) is 0 Å². The summed E-state index contributed by atoms with van der Waals surface area (Å²) in [7, 11) is 1.40. The zero-order chi connectivity index (χ0) is 22.2. The van der Waals surface area contributed by atoms with E-state index in [9.17, 15) is 18.8 Å². The Kier molecular flexibility index (Phi) is 8.40. The number of halogens is 1. The molecule has 0 radical (unpaired) electrons. The highest BCUT2D eigenvalue weighted by Gasteiger charge is 2.30. The maximum Gasteiger partial charge on any atom is 0.308 e. The summed E-state index contributed by atoms with van der Waals surface area (Å²) in [5, 5.41) is 2.92. The molecule has 7 nitrogen and oxygen atoms in total. The summed E-state index contributed by atoms with van der Waals surface area (Å²) >= 11 is 0. The van der Waals surface area contributed by atoms with Crippen LogP contribution in [0.1, 0.15) is 31.2 Å². The van der Waals surface area contributed by atoms with Crippen molar-refractivity contribution in [2.45, 2.75) is 32.1 Å². The highest BCUT2D eigenvalue weighted by atomic mass is 19.1. The van der Waals surface area contributed by atoms with Crippen molar-refractivity contribution < 1.29 is 23.5 Å². The van der Waals surface area contributed by atoms with Crippen molar-refractivity contribution in [3.63, 3.8) is 0 Å². The van der Waals surface area contributed by atoms with Gasteiger partial charge in [0.15, 0.2) is 0 Å². The van der Waals surface area contributed by atoms with Gasteiger partial charge in [-0.3, -0.25) is 19.3 Å². The lowest BCUT2D eigenvalue weighted by molar-refractivity contribution is -0.149. The van der Waals surface area contributed by atoms with Gasteiger partial charge in [0.25, 0.3) is 0 Å². The topological polar surface area (TPSA) is 79.0 Å². The van der Waals surface area contributed by atoms with Crippen LogP contribution >= 0.6 is 0 Å². The highest BCUT2D eigenvalue weighted by Crippen LogP contribution is 2.20. The molecule has 8 heteroatoms. The first-order valence-electron chi connectivity index (χ1n) is 11.1. The van der Waals surface area contributed by atoms with Gasteiger partial charge in [0.2, 0.25) is 11.8 Å². The van der Waals surface area contributed by atoms with Gasteiger partial charge < -0.3 is 15.0 Å². The van der Waals surface area contributed by atoms with Gasteiger partial charge in [-0.05, 0) is 56.8 Å². The van der Waals surface area contributed by atoms with Crippen molar-refractivity contribution in [1.82, 2.24) is 15.1 Å². The number of nitrogens with zero attached hydrogens (tertiary/aromatic N) is 2. The Labute approximate surface area is 182 Å². The minimum atomic E-state index is -0.246. The largest absolute Gasteiger partial charge is 0.469 e. The van der Waals surface area contributed by atoms with E-state index >= 15 is 0 Å². The van der Waals surface area contributed by atoms with E-state index in [0.29, 0.717) is 76.9 Å². The van der Waals surface area contributed by atoms with Crippen LogP contribution in [0.4, 0.5) is 4.39 Å². The Morgan fingerprint density at radius 3 is 2.32 bits per heavy atom. The maximum absolute atomic E-state index is 13.7. The zero-order valence-electron chi connectivity index (χ0n) is 18.1. The number of hydrogen-bond donors (Lipinski definition) is 1. The Morgan fingerprint density at radius 1 is 1.03 bits per heavy atom. The number of esters is 1. The SMILES string of the molecule is COC(=O)C1CCN(C(=O)CN2CCC(C(=O)NCCc3ccccc3F)CC2)CC1. The van der Waals surface area contributed by atoms with Crippen molar-refractivity contribution >= 4 is 17.8 Å². The predicted octanol–water partition coefficient (Wildman–Crippen LogP) is 1.61. The lowest BCUT2D eigenvalue weighted by atomic mass is 9.95. The molecule has 170 valence electrons. The van der Waals surface area contributed by atoms with Crippen LogP contribution in [0.2, 0.25) is 0 Å². The number of likely N-dealkylation sites (tertiary alicyclic amines) is 2. The summed E-state index contributed by atoms with van der Waals surface area (Å²) in [6.45, 7) is 3.34. The van der Waals surface area contributed by atoms with E-state index in [0.717, 1.165) is 0 Å². The third kappa shape index (κ3) is 6.50. The lowest BCUT2D eigenvalue weighted by Gasteiger charge is -2.35. The van der Waals surface area contributed by atoms with Crippen LogP contribution in [-0.4, -0.2) is 74.0 Å². The van der Waals surface area contributed by atoms with Gasteiger partial charge in [-0.25, -0.2) is 4.39 Å². The first-order valence-corrected chi connectivity index (χ1v) is 11.1. The number of piperidine rings is 2. The normalized spacial score (nSPS) is 18.6. The number of hydrogen-bond acceptors (Lipinski definition) is 5. The average Bonchev–Trinajstić information content (AvgIpc) is 2.80. The summed E-state index contributed by atoms with van der Waals surface area (Å²) in [6, 6.07) is 6.60. The van der Waals surface area contributed by atoms with Crippen molar-refractivity contribution in [3.05, 3.63) is 35.6 Å². The molecular weight excluding hydrogens is 401 g/mol. The molecule has 31 heavy (non-hydrogen) atoms. The van der Waals surface area contributed by atoms with Crippen molar-refractivity contribution in [1.29, 1.82) is 0 Å². The van der Waals surface area contributed by atoms with Gasteiger partial charge in [0, 0.05) is 25.6 Å². The Balaban J connectivity index is 1.34. The van der Waals surface area contributed by atoms with Gasteiger partial charge in [-0.1, -0.05) is 18.2 Å². The number of methoxy groups -OCH3 is 1. The molecular formula is C23H32FN3O4. The molecule has 0 unspecified atom stereocenters. The third-order valence-corrected chi connectivity index (χ3v) is 6.35. The van der Waals surface area contributed by atoms with Crippen LogP contribution < -0.4 is 5.32 Å². The number of amides is 2. The van der Waals surface area contributed by atoms with E-state index in [1.807, 2.05) is 4.90 Å². The molecule has 0 saturated carbocycles. The molecule has 2 fully saturated rings. The summed E-state index contributed by atoms with van der Waals surface area (Å²) in [5.74, 6) is -0.529. The summed E-state index contributed by atoms with van der Waals surface area (Å²) in [4.78, 5) is 40.5. The highest BCUT2D eigenvalue weighted by molar-refractivity contribution is 5.80. The van der Waals surface area contributed by atoms with Gasteiger partial charge >= 0.3 is 5.97 Å². The van der Waals surface area contributed by atoms with Crippen LogP contribution in [0.5, 0.6) is 0 Å². The van der Waals surface area contributed by atoms with Gasteiger partial charge in [-0.15, -0.1) is 0 Å². The van der Waals surface area contributed by atoms with E-state index in [4.69, 9.17) is 4.74 Å². The van der Waals surface area contributed by atoms with Crippen LogP contribution in [-0.2, 0) is 25.5 Å². The minimum Gasteiger partial charge on any atom is -0.469 e. The van der Waals surface area contributed by atoms with Gasteiger partial charge in [0.05, 0.1) is 19.6 Å². The average molecular weight is 434 g/mol. The third-order valence-electron chi connectivity index (χ3n) is 6.35. The Hall–Kier alpha value is -2.48. The lowest BCUT2D eigenvalue weighted by Crippen LogP contribution is -2.48. The second-order valence-corrected chi connectivity index (χ2v) is 8.36. The van der Waals surface area contributed by atoms with Crippen molar-refractivity contribution in [2.75, 3.05) is 46.4 Å². The standard InChI is InChI=1S/C23H32FN3O4/c1-31-23(30)19-9-14-27(15-10-19)21(28)16-26-12-7-18(8-13-26)22(29)25-11-6-17-4-2-3-5-20(17)24/h2-5,18-19H,6-16H2,1H3,(H,25,29).